The molecule has 0 saturated carbocycles. The molecule has 0 bridgehead atoms. The number of carbonyl (C=O) groups is 1. The van der Waals surface area contributed by atoms with E-state index in [1.165, 1.54) is 0 Å². The Kier molecular flexibility index (Phi) is 5.58. The summed E-state index contributed by atoms with van der Waals surface area (Å²) in [5.74, 6) is -0.304. The van der Waals surface area contributed by atoms with E-state index < -0.39 is 5.60 Å². The molecule has 0 aromatic carbocycles. The number of carbonyl (C=O) groups excluding carboxylic acids is 1. The van der Waals surface area contributed by atoms with Crippen LogP contribution in [0, 0.1) is 0 Å². The summed E-state index contributed by atoms with van der Waals surface area (Å²) in [5, 5.41) is 0. The quantitative estimate of drug-likeness (QED) is 0.543. The lowest BCUT2D eigenvalue weighted by molar-refractivity contribution is -0.152. The topological polar surface area (TPSA) is 57.1 Å². The molecule has 5 heteroatoms. The number of rotatable bonds is 5. The third-order valence-electron chi connectivity index (χ3n) is 1.99. The summed E-state index contributed by atoms with van der Waals surface area (Å²) in [6.07, 6.45) is 3.13. The molecular formula is C12H21NO4. The van der Waals surface area contributed by atoms with Crippen molar-refractivity contribution < 1.29 is 19.0 Å². The fraction of sp³-hybridized carbons (Fsp3) is 0.833. The highest BCUT2D eigenvalue weighted by atomic mass is 16.7. The van der Waals surface area contributed by atoms with Crippen LogP contribution in [-0.4, -0.2) is 43.8 Å². The van der Waals surface area contributed by atoms with Gasteiger partial charge in [-0.15, -0.1) is 0 Å². The maximum absolute atomic E-state index is 11.3. The Bertz CT molecular complexity index is 264. The highest BCUT2D eigenvalue weighted by Crippen LogP contribution is 2.09. The molecule has 0 aromatic rings. The maximum Gasteiger partial charge on any atom is 0.328 e. The van der Waals surface area contributed by atoms with E-state index in [9.17, 15) is 4.79 Å². The summed E-state index contributed by atoms with van der Waals surface area (Å²) in [6.45, 7) is 6.92. The number of hydrogen-bond acceptors (Lipinski definition) is 5. The molecule has 1 aliphatic heterocycles. The molecule has 17 heavy (non-hydrogen) atoms. The molecule has 0 N–H and O–H groups in total. The lowest BCUT2D eigenvalue weighted by Crippen LogP contribution is -2.25. The number of ether oxygens (including phenoxy) is 3. The van der Waals surface area contributed by atoms with Crippen molar-refractivity contribution in [3.8, 4) is 0 Å². The molecule has 5 nitrogen and oxygen atoms in total. The molecule has 1 saturated heterocycles. The van der Waals surface area contributed by atoms with Gasteiger partial charge in [0.2, 0.25) is 0 Å². The van der Waals surface area contributed by atoms with Gasteiger partial charge < -0.3 is 14.2 Å². The van der Waals surface area contributed by atoms with E-state index in [4.69, 9.17) is 14.2 Å². The van der Waals surface area contributed by atoms with Crippen LogP contribution in [0.15, 0.2) is 4.99 Å². The highest BCUT2D eigenvalue weighted by Gasteiger charge is 2.16. The van der Waals surface area contributed by atoms with Gasteiger partial charge in [-0.25, -0.2) is 0 Å². The first-order valence-electron chi connectivity index (χ1n) is 5.91. The Labute approximate surface area is 102 Å². The average Bonchev–Trinajstić information content (AvgIpc) is 2.67. The lowest BCUT2D eigenvalue weighted by Gasteiger charge is -2.18. The molecule has 1 fully saturated rings. The van der Waals surface area contributed by atoms with Crippen molar-refractivity contribution in [2.75, 3.05) is 19.8 Å². The van der Waals surface area contributed by atoms with E-state index in [1.54, 1.807) is 6.21 Å². The van der Waals surface area contributed by atoms with Gasteiger partial charge in [0.25, 0.3) is 0 Å². The van der Waals surface area contributed by atoms with Gasteiger partial charge in [-0.05, 0) is 33.4 Å². The normalized spacial score (nSPS) is 17.8. The van der Waals surface area contributed by atoms with Crippen LogP contribution in [-0.2, 0) is 19.0 Å². The van der Waals surface area contributed by atoms with Gasteiger partial charge in [-0.3, -0.25) is 9.79 Å². The monoisotopic (exact) mass is 243 g/mol. The van der Waals surface area contributed by atoms with Crippen molar-refractivity contribution in [3.63, 3.8) is 0 Å². The molecular weight excluding hydrogens is 222 g/mol. The van der Waals surface area contributed by atoms with Crippen LogP contribution in [0.5, 0.6) is 0 Å². The zero-order valence-electron chi connectivity index (χ0n) is 10.8. The Morgan fingerprint density at radius 3 is 2.65 bits per heavy atom. The SMILES string of the molecule is CC(C)(C)OC(=O)CN=CCCC1OCCO1. The molecule has 1 rings (SSSR count). The van der Waals surface area contributed by atoms with Crippen LogP contribution >= 0.6 is 0 Å². The second-order valence-corrected chi connectivity index (χ2v) is 4.86. The number of nitrogens with zero attached hydrogens (tertiary/aromatic N) is 1. The van der Waals surface area contributed by atoms with Crippen LogP contribution in [0.25, 0.3) is 0 Å². The summed E-state index contributed by atoms with van der Waals surface area (Å²) in [7, 11) is 0. The predicted octanol–water partition coefficient (Wildman–Crippen LogP) is 1.55. The minimum absolute atomic E-state index is 0.0731. The standard InChI is InChI=1S/C12H21NO4/c1-12(2,3)17-10(14)9-13-6-4-5-11-15-7-8-16-11/h6,11H,4-5,7-9H2,1-3H3. The summed E-state index contributed by atoms with van der Waals surface area (Å²) < 4.78 is 15.7. The first-order valence-corrected chi connectivity index (χ1v) is 5.91. The zero-order valence-corrected chi connectivity index (χ0v) is 10.8. The van der Waals surface area contributed by atoms with Gasteiger partial charge in [0, 0.05) is 6.42 Å². The van der Waals surface area contributed by atoms with Crippen molar-refractivity contribution in [3.05, 3.63) is 0 Å². The van der Waals surface area contributed by atoms with Crippen molar-refractivity contribution in [1.29, 1.82) is 0 Å². The van der Waals surface area contributed by atoms with Crippen LogP contribution in [0.1, 0.15) is 33.6 Å². The van der Waals surface area contributed by atoms with E-state index in [0.717, 1.165) is 12.8 Å². The molecule has 1 heterocycles. The van der Waals surface area contributed by atoms with Gasteiger partial charge in [-0.2, -0.15) is 0 Å². The molecule has 98 valence electrons. The van der Waals surface area contributed by atoms with Crippen molar-refractivity contribution in [2.24, 2.45) is 4.99 Å². The van der Waals surface area contributed by atoms with Gasteiger partial charge in [0.15, 0.2) is 6.29 Å². The van der Waals surface area contributed by atoms with Gasteiger partial charge in [-0.1, -0.05) is 0 Å². The van der Waals surface area contributed by atoms with Crippen LogP contribution in [0.2, 0.25) is 0 Å². The summed E-state index contributed by atoms with van der Waals surface area (Å²) in [5.41, 5.74) is -0.446. The zero-order chi connectivity index (χ0) is 12.7. The molecule has 0 radical (unpaired) electrons. The predicted molar refractivity (Wildman–Crippen MR) is 64.1 cm³/mol. The van der Waals surface area contributed by atoms with E-state index in [0.29, 0.717) is 13.2 Å². The molecule has 0 amide bonds. The van der Waals surface area contributed by atoms with Crippen molar-refractivity contribution in [1.82, 2.24) is 0 Å². The van der Waals surface area contributed by atoms with Crippen LogP contribution in [0.4, 0.5) is 0 Å². The number of hydrogen-bond donors (Lipinski definition) is 0. The Hall–Kier alpha value is -0.940. The third kappa shape index (κ3) is 7.07. The molecule has 0 aliphatic carbocycles. The molecule has 0 atom stereocenters. The van der Waals surface area contributed by atoms with E-state index >= 15 is 0 Å². The smallest absolute Gasteiger partial charge is 0.328 e. The second kappa shape index (κ2) is 6.71. The number of aliphatic imine (C=N–C) groups is 1. The molecule has 0 unspecified atom stereocenters. The third-order valence-corrected chi connectivity index (χ3v) is 1.99. The van der Waals surface area contributed by atoms with Gasteiger partial charge >= 0.3 is 5.97 Å². The Balaban J connectivity index is 2.06. The van der Waals surface area contributed by atoms with E-state index in [1.807, 2.05) is 20.8 Å². The summed E-state index contributed by atoms with van der Waals surface area (Å²) in [4.78, 5) is 15.3. The second-order valence-electron chi connectivity index (χ2n) is 4.86. The molecule has 0 aromatic heterocycles. The number of esters is 1. The largest absolute Gasteiger partial charge is 0.459 e. The summed E-state index contributed by atoms with van der Waals surface area (Å²) in [6, 6.07) is 0. The average molecular weight is 243 g/mol. The first kappa shape index (κ1) is 14.1. The van der Waals surface area contributed by atoms with Gasteiger partial charge in [0.05, 0.1) is 13.2 Å². The Morgan fingerprint density at radius 1 is 1.41 bits per heavy atom. The minimum atomic E-state index is -0.446. The van der Waals surface area contributed by atoms with Gasteiger partial charge in [0.1, 0.15) is 12.1 Å². The van der Waals surface area contributed by atoms with E-state index in [-0.39, 0.29) is 18.8 Å². The van der Waals surface area contributed by atoms with Crippen LogP contribution < -0.4 is 0 Å². The lowest BCUT2D eigenvalue weighted by atomic mass is 10.2. The molecule has 0 spiro atoms. The Morgan fingerprint density at radius 2 is 2.06 bits per heavy atom. The molecule has 1 aliphatic rings. The fourth-order valence-corrected chi connectivity index (χ4v) is 1.39. The van der Waals surface area contributed by atoms with Crippen LogP contribution in [0.3, 0.4) is 0 Å². The van der Waals surface area contributed by atoms with Crippen molar-refractivity contribution >= 4 is 12.2 Å². The maximum atomic E-state index is 11.3. The summed E-state index contributed by atoms with van der Waals surface area (Å²) >= 11 is 0. The minimum Gasteiger partial charge on any atom is -0.459 e. The highest BCUT2D eigenvalue weighted by molar-refractivity contribution is 5.74. The first-order chi connectivity index (χ1) is 7.97. The van der Waals surface area contributed by atoms with Crippen molar-refractivity contribution in [2.45, 2.75) is 45.5 Å². The van der Waals surface area contributed by atoms with E-state index in [2.05, 4.69) is 4.99 Å². The fourth-order valence-electron chi connectivity index (χ4n) is 1.39.